The number of nitrogens with zero attached hydrogens (tertiary/aromatic N) is 1. The standard InChI is InChI=1S/C13H26N4O/c1-4-14-13(17-9-10(2)3)16-8-7-15-12(18)11-5-6-11/h10-11H,4-9H2,1-3H3,(H,15,18)(H2,14,16,17). The summed E-state index contributed by atoms with van der Waals surface area (Å²) < 4.78 is 0. The van der Waals surface area contributed by atoms with Gasteiger partial charge >= 0.3 is 0 Å². The first kappa shape index (κ1) is 14.8. The molecule has 5 heteroatoms. The lowest BCUT2D eigenvalue weighted by Crippen LogP contribution is -2.42. The van der Waals surface area contributed by atoms with E-state index in [1.54, 1.807) is 0 Å². The first-order valence-corrected chi connectivity index (χ1v) is 6.93. The van der Waals surface area contributed by atoms with E-state index in [9.17, 15) is 4.79 Å². The number of amides is 1. The fourth-order valence-electron chi connectivity index (χ4n) is 1.47. The predicted octanol–water partition coefficient (Wildman–Crippen LogP) is 0.724. The Bertz CT molecular complexity index is 285. The van der Waals surface area contributed by atoms with Crippen LogP contribution in [0, 0.1) is 11.8 Å². The van der Waals surface area contributed by atoms with E-state index < -0.39 is 0 Å². The number of nitrogens with one attached hydrogen (secondary N) is 3. The highest BCUT2D eigenvalue weighted by molar-refractivity contribution is 5.81. The van der Waals surface area contributed by atoms with Crippen molar-refractivity contribution in [2.75, 3.05) is 26.2 Å². The summed E-state index contributed by atoms with van der Waals surface area (Å²) in [4.78, 5) is 15.9. The third-order valence-corrected chi connectivity index (χ3v) is 2.62. The molecule has 0 spiro atoms. The normalized spacial score (nSPS) is 15.7. The number of guanidine groups is 1. The van der Waals surface area contributed by atoms with Crippen LogP contribution in [0.2, 0.25) is 0 Å². The van der Waals surface area contributed by atoms with Crippen molar-refractivity contribution >= 4 is 11.9 Å². The summed E-state index contributed by atoms with van der Waals surface area (Å²) in [6.45, 7) is 9.35. The highest BCUT2D eigenvalue weighted by Crippen LogP contribution is 2.28. The number of aliphatic imine (C=N–C) groups is 1. The molecule has 1 aliphatic carbocycles. The summed E-state index contributed by atoms with van der Waals surface area (Å²) in [7, 11) is 0. The Morgan fingerprint density at radius 1 is 1.22 bits per heavy atom. The maximum Gasteiger partial charge on any atom is 0.223 e. The zero-order valence-corrected chi connectivity index (χ0v) is 11.8. The van der Waals surface area contributed by atoms with Crippen molar-refractivity contribution < 1.29 is 4.79 Å². The highest BCUT2D eigenvalue weighted by Gasteiger charge is 2.28. The lowest BCUT2D eigenvalue weighted by molar-refractivity contribution is -0.122. The van der Waals surface area contributed by atoms with E-state index in [1.807, 2.05) is 6.92 Å². The fourth-order valence-corrected chi connectivity index (χ4v) is 1.47. The van der Waals surface area contributed by atoms with Crippen molar-refractivity contribution in [3.05, 3.63) is 0 Å². The second kappa shape index (κ2) is 7.95. The topological polar surface area (TPSA) is 65.5 Å². The minimum absolute atomic E-state index is 0.195. The molecule has 0 aromatic rings. The smallest absolute Gasteiger partial charge is 0.223 e. The second-order valence-electron chi connectivity index (χ2n) is 5.11. The Morgan fingerprint density at radius 2 is 1.89 bits per heavy atom. The molecule has 0 aromatic carbocycles. The molecule has 1 amide bonds. The van der Waals surface area contributed by atoms with E-state index in [1.165, 1.54) is 0 Å². The van der Waals surface area contributed by atoms with Gasteiger partial charge in [-0.15, -0.1) is 0 Å². The van der Waals surface area contributed by atoms with Crippen LogP contribution < -0.4 is 16.0 Å². The molecule has 0 heterocycles. The van der Waals surface area contributed by atoms with Gasteiger partial charge < -0.3 is 16.0 Å². The fraction of sp³-hybridized carbons (Fsp3) is 0.846. The van der Waals surface area contributed by atoms with E-state index in [4.69, 9.17) is 0 Å². The molecular formula is C13H26N4O. The van der Waals surface area contributed by atoms with Gasteiger partial charge in [0.05, 0.1) is 0 Å². The van der Waals surface area contributed by atoms with Gasteiger partial charge in [0.15, 0.2) is 5.96 Å². The molecule has 0 unspecified atom stereocenters. The number of rotatable bonds is 7. The minimum atomic E-state index is 0.195. The van der Waals surface area contributed by atoms with Gasteiger partial charge in [-0.05, 0) is 25.7 Å². The molecule has 0 saturated heterocycles. The molecule has 1 aliphatic rings. The van der Waals surface area contributed by atoms with E-state index in [0.29, 0.717) is 19.0 Å². The Labute approximate surface area is 110 Å². The number of hydrogen-bond acceptors (Lipinski definition) is 2. The Morgan fingerprint density at radius 3 is 2.44 bits per heavy atom. The summed E-state index contributed by atoms with van der Waals surface area (Å²) >= 11 is 0. The molecule has 0 bridgehead atoms. The number of carbonyl (C=O) groups excluding carboxylic acids is 1. The Kier molecular flexibility index (Phi) is 6.54. The van der Waals surface area contributed by atoms with E-state index >= 15 is 0 Å². The van der Waals surface area contributed by atoms with Gasteiger partial charge in [-0.3, -0.25) is 9.79 Å². The maximum absolute atomic E-state index is 11.4. The average molecular weight is 254 g/mol. The first-order valence-electron chi connectivity index (χ1n) is 6.93. The van der Waals surface area contributed by atoms with Crippen molar-refractivity contribution in [1.82, 2.24) is 16.0 Å². The lowest BCUT2D eigenvalue weighted by Gasteiger charge is -2.12. The van der Waals surface area contributed by atoms with E-state index in [0.717, 1.165) is 31.9 Å². The van der Waals surface area contributed by atoms with Crippen LogP contribution in [0.5, 0.6) is 0 Å². The number of hydrogen-bond donors (Lipinski definition) is 3. The van der Waals surface area contributed by atoms with Crippen molar-refractivity contribution in [2.45, 2.75) is 33.6 Å². The molecule has 104 valence electrons. The van der Waals surface area contributed by atoms with Gasteiger partial charge in [-0.25, -0.2) is 0 Å². The molecule has 18 heavy (non-hydrogen) atoms. The van der Waals surface area contributed by atoms with Crippen molar-refractivity contribution in [3.8, 4) is 0 Å². The second-order valence-corrected chi connectivity index (χ2v) is 5.11. The van der Waals surface area contributed by atoms with E-state index in [-0.39, 0.29) is 11.8 Å². The van der Waals surface area contributed by atoms with Gasteiger partial charge in [0.25, 0.3) is 0 Å². The van der Waals surface area contributed by atoms with Crippen LogP contribution in [-0.4, -0.2) is 38.0 Å². The lowest BCUT2D eigenvalue weighted by atomic mass is 10.2. The SMILES string of the molecule is CCNC(=NCC(C)C)NCCNC(=O)C1CC1. The molecule has 0 atom stereocenters. The number of carbonyl (C=O) groups is 1. The molecule has 0 radical (unpaired) electrons. The summed E-state index contributed by atoms with van der Waals surface area (Å²) in [5.74, 6) is 1.86. The molecule has 1 saturated carbocycles. The predicted molar refractivity (Wildman–Crippen MR) is 74.6 cm³/mol. The molecule has 3 N–H and O–H groups in total. The van der Waals surface area contributed by atoms with E-state index in [2.05, 4.69) is 34.8 Å². The van der Waals surface area contributed by atoms with Gasteiger partial charge in [0.2, 0.25) is 5.91 Å². The van der Waals surface area contributed by atoms with Crippen molar-refractivity contribution in [3.63, 3.8) is 0 Å². The Hall–Kier alpha value is -1.26. The average Bonchev–Trinajstić information content (AvgIpc) is 3.14. The zero-order chi connectivity index (χ0) is 13.4. The zero-order valence-electron chi connectivity index (χ0n) is 11.8. The van der Waals surface area contributed by atoms with Crippen LogP contribution in [0.15, 0.2) is 4.99 Å². The van der Waals surface area contributed by atoms with Crippen LogP contribution >= 0.6 is 0 Å². The molecule has 5 nitrogen and oxygen atoms in total. The van der Waals surface area contributed by atoms with Crippen LogP contribution in [0.3, 0.4) is 0 Å². The monoisotopic (exact) mass is 254 g/mol. The highest BCUT2D eigenvalue weighted by atomic mass is 16.2. The third-order valence-electron chi connectivity index (χ3n) is 2.62. The molecular weight excluding hydrogens is 228 g/mol. The first-order chi connectivity index (χ1) is 8.63. The van der Waals surface area contributed by atoms with Gasteiger partial charge in [0, 0.05) is 32.1 Å². The quantitative estimate of drug-likeness (QED) is 0.356. The van der Waals surface area contributed by atoms with Crippen LogP contribution in [0.4, 0.5) is 0 Å². The molecule has 0 aliphatic heterocycles. The summed E-state index contributed by atoms with van der Waals surface area (Å²) in [6, 6.07) is 0. The van der Waals surface area contributed by atoms with Gasteiger partial charge in [-0.2, -0.15) is 0 Å². The van der Waals surface area contributed by atoms with Crippen LogP contribution in [0.25, 0.3) is 0 Å². The Balaban J connectivity index is 2.15. The largest absolute Gasteiger partial charge is 0.357 e. The van der Waals surface area contributed by atoms with Crippen molar-refractivity contribution in [2.24, 2.45) is 16.8 Å². The molecule has 1 fully saturated rings. The summed E-state index contributed by atoms with van der Waals surface area (Å²) in [5.41, 5.74) is 0. The maximum atomic E-state index is 11.4. The summed E-state index contributed by atoms with van der Waals surface area (Å²) in [6.07, 6.45) is 2.11. The van der Waals surface area contributed by atoms with Gasteiger partial charge in [-0.1, -0.05) is 13.8 Å². The minimum Gasteiger partial charge on any atom is -0.357 e. The van der Waals surface area contributed by atoms with Crippen LogP contribution in [-0.2, 0) is 4.79 Å². The molecule has 0 aromatic heterocycles. The summed E-state index contributed by atoms with van der Waals surface area (Å²) in [5, 5.41) is 9.33. The van der Waals surface area contributed by atoms with Crippen LogP contribution in [0.1, 0.15) is 33.6 Å². The third kappa shape index (κ3) is 6.47. The van der Waals surface area contributed by atoms with Gasteiger partial charge in [0.1, 0.15) is 0 Å². The molecule has 1 rings (SSSR count). The van der Waals surface area contributed by atoms with Crippen molar-refractivity contribution in [1.29, 1.82) is 0 Å².